The van der Waals surface area contributed by atoms with E-state index >= 15 is 0 Å². The predicted molar refractivity (Wildman–Crippen MR) is 60.9 cm³/mol. The van der Waals surface area contributed by atoms with Gasteiger partial charge < -0.3 is 0 Å². The quantitative estimate of drug-likeness (QED) is 0.645. The molecule has 0 bridgehead atoms. The van der Waals surface area contributed by atoms with Crippen molar-refractivity contribution in [2.24, 2.45) is 0 Å². The normalized spacial score (nSPS) is 11.1. The van der Waals surface area contributed by atoms with Crippen LogP contribution in [-0.2, 0) is 0 Å². The molecule has 2 nitrogen and oxygen atoms in total. The van der Waals surface area contributed by atoms with Gasteiger partial charge in [-0.1, -0.05) is 6.07 Å². The highest BCUT2D eigenvalue weighted by Gasteiger charge is 2.09. The molecular weight excluding hydrogens is 241 g/mol. The van der Waals surface area contributed by atoms with Crippen LogP contribution in [0.2, 0.25) is 0 Å². The number of fused-ring (bicyclic) bond motifs is 1. The Hall–Kier alpha value is -2.30. The molecule has 0 atom stereocenters. The van der Waals surface area contributed by atoms with Crippen LogP contribution in [-0.4, -0.2) is 9.55 Å². The lowest BCUT2D eigenvalue weighted by Crippen LogP contribution is -1.94. The monoisotopic (exact) mass is 248 g/mol. The van der Waals surface area contributed by atoms with Gasteiger partial charge in [-0.3, -0.25) is 4.57 Å². The summed E-state index contributed by atoms with van der Waals surface area (Å²) in [6.07, 6.45) is 1.34. The summed E-state index contributed by atoms with van der Waals surface area (Å²) in [5.41, 5.74) is 0.891. The maximum atomic E-state index is 13.4. The number of imidazole rings is 1. The van der Waals surface area contributed by atoms with Crippen LogP contribution in [0.25, 0.3) is 16.7 Å². The van der Waals surface area contributed by atoms with Gasteiger partial charge in [0.25, 0.3) is 0 Å². The summed E-state index contributed by atoms with van der Waals surface area (Å²) in [4.78, 5) is 3.90. The second-order valence-corrected chi connectivity index (χ2v) is 3.85. The van der Waals surface area contributed by atoms with Crippen molar-refractivity contribution < 1.29 is 13.2 Å². The molecule has 90 valence electrons. The van der Waals surface area contributed by atoms with Crippen LogP contribution in [0.3, 0.4) is 0 Å². The topological polar surface area (TPSA) is 17.8 Å². The van der Waals surface area contributed by atoms with Crippen molar-refractivity contribution in [3.05, 3.63) is 60.2 Å². The van der Waals surface area contributed by atoms with Gasteiger partial charge in [0, 0.05) is 6.07 Å². The predicted octanol–water partition coefficient (Wildman–Crippen LogP) is 3.44. The zero-order valence-corrected chi connectivity index (χ0v) is 9.07. The molecule has 0 N–H and O–H groups in total. The van der Waals surface area contributed by atoms with Crippen LogP contribution in [0.1, 0.15) is 0 Å². The average Bonchev–Trinajstić information content (AvgIpc) is 2.73. The molecule has 0 spiro atoms. The standard InChI is InChI=1S/C13H7F3N2/c14-8-4-9(15)6-10(5-8)18-7-17-13-11(16)2-1-3-12(13)18/h1-7H. The summed E-state index contributed by atoms with van der Waals surface area (Å²) < 4.78 is 41.2. The first-order chi connectivity index (χ1) is 8.65. The van der Waals surface area contributed by atoms with E-state index in [2.05, 4.69) is 4.98 Å². The highest BCUT2D eigenvalue weighted by Crippen LogP contribution is 2.21. The van der Waals surface area contributed by atoms with Crippen LogP contribution >= 0.6 is 0 Å². The van der Waals surface area contributed by atoms with Gasteiger partial charge in [-0.25, -0.2) is 18.2 Å². The third kappa shape index (κ3) is 1.64. The number of para-hydroxylation sites is 1. The Morgan fingerprint density at radius 3 is 2.39 bits per heavy atom. The van der Waals surface area contributed by atoms with Crippen LogP contribution < -0.4 is 0 Å². The van der Waals surface area contributed by atoms with E-state index in [1.54, 1.807) is 6.07 Å². The molecule has 0 saturated carbocycles. The smallest absolute Gasteiger partial charge is 0.151 e. The Morgan fingerprint density at radius 2 is 1.67 bits per heavy atom. The molecule has 2 aromatic carbocycles. The van der Waals surface area contributed by atoms with Crippen molar-refractivity contribution in [2.45, 2.75) is 0 Å². The van der Waals surface area contributed by atoms with Crippen LogP contribution in [0.5, 0.6) is 0 Å². The van der Waals surface area contributed by atoms with Gasteiger partial charge in [0.15, 0.2) is 5.82 Å². The molecule has 0 radical (unpaired) electrons. The second kappa shape index (κ2) is 3.87. The van der Waals surface area contributed by atoms with E-state index in [-0.39, 0.29) is 11.2 Å². The van der Waals surface area contributed by atoms with Crippen molar-refractivity contribution in [3.8, 4) is 5.69 Å². The summed E-state index contributed by atoms with van der Waals surface area (Å²) in [7, 11) is 0. The average molecular weight is 248 g/mol. The lowest BCUT2D eigenvalue weighted by atomic mass is 10.2. The number of rotatable bonds is 1. The fourth-order valence-corrected chi connectivity index (χ4v) is 1.89. The van der Waals surface area contributed by atoms with Gasteiger partial charge >= 0.3 is 0 Å². The molecule has 0 amide bonds. The molecule has 3 aromatic rings. The number of halogens is 3. The molecule has 0 aliphatic heterocycles. The fraction of sp³-hybridized carbons (Fsp3) is 0. The fourth-order valence-electron chi connectivity index (χ4n) is 1.89. The number of hydrogen-bond donors (Lipinski definition) is 0. The molecule has 1 heterocycles. The molecule has 1 aromatic heterocycles. The van der Waals surface area contributed by atoms with E-state index in [0.29, 0.717) is 5.52 Å². The number of hydrogen-bond acceptors (Lipinski definition) is 1. The molecule has 0 aliphatic carbocycles. The Kier molecular flexibility index (Phi) is 2.33. The van der Waals surface area contributed by atoms with Crippen LogP contribution in [0, 0.1) is 17.5 Å². The second-order valence-electron chi connectivity index (χ2n) is 3.85. The van der Waals surface area contributed by atoms with Gasteiger partial charge in [-0.2, -0.15) is 0 Å². The molecule has 3 rings (SSSR count). The van der Waals surface area contributed by atoms with Gasteiger partial charge in [0.2, 0.25) is 0 Å². The zero-order valence-electron chi connectivity index (χ0n) is 9.07. The maximum absolute atomic E-state index is 13.4. The number of nitrogens with zero attached hydrogens (tertiary/aromatic N) is 2. The first kappa shape index (κ1) is 10.8. The molecule has 0 aliphatic rings. The maximum Gasteiger partial charge on any atom is 0.151 e. The third-order valence-electron chi connectivity index (χ3n) is 2.65. The first-order valence-corrected chi connectivity index (χ1v) is 5.23. The van der Waals surface area contributed by atoms with Crippen LogP contribution in [0.15, 0.2) is 42.7 Å². The minimum Gasteiger partial charge on any atom is -0.299 e. The van der Waals surface area contributed by atoms with E-state index < -0.39 is 17.5 Å². The van der Waals surface area contributed by atoms with Crippen molar-refractivity contribution in [1.29, 1.82) is 0 Å². The summed E-state index contributed by atoms with van der Waals surface area (Å²) in [5, 5.41) is 0. The van der Waals surface area contributed by atoms with E-state index in [4.69, 9.17) is 0 Å². The Morgan fingerprint density at radius 1 is 0.944 bits per heavy atom. The van der Waals surface area contributed by atoms with Gasteiger partial charge in [0.1, 0.15) is 23.5 Å². The third-order valence-corrected chi connectivity index (χ3v) is 2.65. The summed E-state index contributed by atoms with van der Waals surface area (Å²) in [6.45, 7) is 0. The summed E-state index contributed by atoms with van der Waals surface area (Å²) in [5.74, 6) is -1.85. The van der Waals surface area contributed by atoms with E-state index in [1.807, 2.05) is 0 Å². The van der Waals surface area contributed by atoms with Gasteiger partial charge in [-0.05, 0) is 24.3 Å². The van der Waals surface area contributed by atoms with Crippen LogP contribution in [0.4, 0.5) is 13.2 Å². The lowest BCUT2D eigenvalue weighted by Gasteiger charge is -2.04. The Labute approximate surface area is 100 Å². The SMILES string of the molecule is Fc1cc(F)cc(-n2cnc3c(F)cccc32)c1. The van der Waals surface area contributed by atoms with E-state index in [0.717, 1.165) is 18.2 Å². The molecule has 0 fully saturated rings. The van der Waals surface area contributed by atoms with Crippen molar-refractivity contribution in [3.63, 3.8) is 0 Å². The lowest BCUT2D eigenvalue weighted by molar-refractivity contribution is 0.582. The molecule has 0 saturated heterocycles. The zero-order chi connectivity index (χ0) is 12.7. The summed E-state index contributed by atoms with van der Waals surface area (Å²) >= 11 is 0. The Balaban J connectivity index is 2.29. The first-order valence-electron chi connectivity index (χ1n) is 5.23. The molecule has 18 heavy (non-hydrogen) atoms. The summed E-state index contributed by atoms with van der Waals surface area (Å²) in [6, 6.07) is 7.54. The van der Waals surface area contributed by atoms with Gasteiger partial charge in [0.05, 0.1) is 11.2 Å². The van der Waals surface area contributed by atoms with Crippen molar-refractivity contribution in [1.82, 2.24) is 9.55 Å². The van der Waals surface area contributed by atoms with E-state index in [9.17, 15) is 13.2 Å². The Bertz CT molecular complexity index is 714. The van der Waals surface area contributed by atoms with E-state index in [1.165, 1.54) is 23.0 Å². The molecular formula is C13H7F3N2. The van der Waals surface area contributed by atoms with Crippen molar-refractivity contribution in [2.75, 3.05) is 0 Å². The number of aromatic nitrogens is 2. The highest BCUT2D eigenvalue weighted by molar-refractivity contribution is 5.77. The highest BCUT2D eigenvalue weighted by atomic mass is 19.1. The largest absolute Gasteiger partial charge is 0.299 e. The molecule has 0 unspecified atom stereocenters. The minimum atomic E-state index is -0.691. The minimum absolute atomic E-state index is 0.169. The van der Waals surface area contributed by atoms with Gasteiger partial charge in [-0.15, -0.1) is 0 Å². The number of benzene rings is 2. The molecule has 5 heteroatoms. The van der Waals surface area contributed by atoms with Crippen molar-refractivity contribution >= 4 is 11.0 Å².